The summed E-state index contributed by atoms with van der Waals surface area (Å²) in [5, 5.41) is 3.77. The molecular formula is C35H37N5O4. The molecule has 1 N–H and O–H groups in total. The number of rotatable bonds is 9. The lowest BCUT2D eigenvalue weighted by Crippen LogP contribution is -2.53. The molecule has 2 atom stereocenters. The van der Waals surface area contributed by atoms with Crippen LogP contribution in [0.4, 0.5) is 0 Å². The number of amides is 3. The van der Waals surface area contributed by atoms with Gasteiger partial charge in [-0.3, -0.25) is 24.2 Å². The first-order valence-electron chi connectivity index (χ1n) is 15.1. The van der Waals surface area contributed by atoms with Crippen LogP contribution in [-0.2, 0) is 20.8 Å². The third kappa shape index (κ3) is 7.16. The molecule has 1 unspecified atom stereocenters. The summed E-state index contributed by atoms with van der Waals surface area (Å²) < 4.78 is 0. The average Bonchev–Trinajstić information content (AvgIpc) is 3.25. The van der Waals surface area contributed by atoms with Crippen LogP contribution in [-0.4, -0.2) is 75.5 Å². The van der Waals surface area contributed by atoms with Gasteiger partial charge in [0.25, 0.3) is 5.91 Å². The smallest absolute Gasteiger partial charge is 0.270 e. The molecule has 1 aliphatic heterocycles. The molecule has 9 nitrogen and oxygen atoms in total. The van der Waals surface area contributed by atoms with Gasteiger partial charge in [-0.05, 0) is 55.2 Å². The lowest BCUT2D eigenvalue weighted by atomic mass is 10.0. The van der Waals surface area contributed by atoms with Gasteiger partial charge in [0.2, 0.25) is 11.8 Å². The SMILES string of the molecule is CCC[C@H](NC(=O)c1ccc2ccccc2n1)C(=O)N(C)C1CCCN(C(=O)Cc2cccc(-c3ccccn3)c2)CC1=O. The van der Waals surface area contributed by atoms with E-state index < -0.39 is 18.0 Å². The minimum absolute atomic E-state index is 0.0626. The van der Waals surface area contributed by atoms with Crippen molar-refractivity contribution in [3.8, 4) is 11.3 Å². The number of hydrogen-bond acceptors (Lipinski definition) is 6. The van der Waals surface area contributed by atoms with Gasteiger partial charge < -0.3 is 15.1 Å². The summed E-state index contributed by atoms with van der Waals surface area (Å²) in [7, 11) is 1.61. The van der Waals surface area contributed by atoms with Gasteiger partial charge in [0.15, 0.2) is 5.78 Å². The lowest BCUT2D eigenvalue weighted by molar-refractivity contribution is -0.141. The number of nitrogens with zero attached hydrogens (tertiary/aromatic N) is 4. The van der Waals surface area contributed by atoms with Crippen molar-refractivity contribution in [2.24, 2.45) is 0 Å². The number of nitrogens with one attached hydrogen (secondary N) is 1. The fourth-order valence-corrected chi connectivity index (χ4v) is 5.66. The number of carbonyl (C=O) groups excluding carboxylic acids is 4. The van der Waals surface area contributed by atoms with Crippen LogP contribution in [0.1, 0.15) is 48.7 Å². The van der Waals surface area contributed by atoms with Crippen molar-refractivity contribution < 1.29 is 19.2 Å². The molecule has 3 heterocycles. The van der Waals surface area contributed by atoms with Gasteiger partial charge in [-0.1, -0.05) is 61.9 Å². The molecule has 0 radical (unpaired) electrons. The van der Waals surface area contributed by atoms with Crippen LogP contribution in [0, 0.1) is 0 Å². The van der Waals surface area contributed by atoms with Crippen LogP contribution >= 0.6 is 0 Å². The molecule has 0 saturated carbocycles. The summed E-state index contributed by atoms with van der Waals surface area (Å²) in [6, 6.07) is 22.9. The molecule has 2 aromatic heterocycles. The van der Waals surface area contributed by atoms with Crippen LogP contribution in [0.15, 0.2) is 85.1 Å². The number of fused-ring (bicyclic) bond motifs is 1. The highest BCUT2D eigenvalue weighted by atomic mass is 16.2. The monoisotopic (exact) mass is 591 g/mol. The number of carbonyl (C=O) groups is 4. The zero-order chi connectivity index (χ0) is 31.1. The fourth-order valence-electron chi connectivity index (χ4n) is 5.66. The van der Waals surface area contributed by atoms with Crippen LogP contribution < -0.4 is 5.32 Å². The Kier molecular flexibility index (Phi) is 9.74. The molecule has 2 aromatic carbocycles. The van der Waals surface area contributed by atoms with Gasteiger partial charge in [0.1, 0.15) is 11.7 Å². The minimum Gasteiger partial charge on any atom is -0.339 e. The third-order valence-corrected chi connectivity index (χ3v) is 8.05. The van der Waals surface area contributed by atoms with E-state index in [4.69, 9.17) is 0 Å². The molecule has 5 rings (SSSR count). The normalized spacial score (nSPS) is 15.8. The zero-order valence-electron chi connectivity index (χ0n) is 25.1. The molecule has 1 saturated heterocycles. The van der Waals surface area contributed by atoms with E-state index in [0.29, 0.717) is 37.7 Å². The van der Waals surface area contributed by atoms with E-state index in [1.165, 1.54) is 4.90 Å². The number of benzene rings is 2. The second-order valence-corrected chi connectivity index (χ2v) is 11.2. The number of likely N-dealkylation sites (tertiary alicyclic amines) is 1. The van der Waals surface area contributed by atoms with E-state index in [1.807, 2.05) is 79.7 Å². The highest BCUT2D eigenvalue weighted by Crippen LogP contribution is 2.20. The maximum atomic E-state index is 13.6. The number of likely N-dealkylation sites (N-methyl/N-ethyl adjacent to an activating group) is 1. The first-order chi connectivity index (χ1) is 21.3. The van der Waals surface area contributed by atoms with Gasteiger partial charge in [0, 0.05) is 30.7 Å². The van der Waals surface area contributed by atoms with Crippen LogP contribution in [0.2, 0.25) is 0 Å². The predicted octanol–water partition coefficient (Wildman–Crippen LogP) is 4.46. The summed E-state index contributed by atoms with van der Waals surface area (Å²) in [6.07, 6.45) is 4.01. The highest BCUT2D eigenvalue weighted by Gasteiger charge is 2.35. The summed E-state index contributed by atoms with van der Waals surface area (Å²) >= 11 is 0. The molecule has 0 spiro atoms. The van der Waals surface area contributed by atoms with Crippen molar-refractivity contribution in [3.63, 3.8) is 0 Å². The molecule has 9 heteroatoms. The molecule has 226 valence electrons. The Hall–Kier alpha value is -4.92. The number of aromatic nitrogens is 2. The van der Waals surface area contributed by atoms with E-state index in [0.717, 1.165) is 22.2 Å². The maximum absolute atomic E-state index is 13.6. The minimum atomic E-state index is -0.800. The Morgan fingerprint density at radius 3 is 2.64 bits per heavy atom. The van der Waals surface area contributed by atoms with Crippen molar-refractivity contribution in [3.05, 3.63) is 96.3 Å². The summed E-state index contributed by atoms with van der Waals surface area (Å²) in [4.78, 5) is 65.3. The Balaban J connectivity index is 1.22. The van der Waals surface area contributed by atoms with Crippen LogP contribution in [0.25, 0.3) is 22.2 Å². The molecule has 1 fully saturated rings. The molecule has 0 bridgehead atoms. The number of ketones is 1. The topological polar surface area (TPSA) is 113 Å². The third-order valence-electron chi connectivity index (χ3n) is 8.05. The Morgan fingerprint density at radius 2 is 1.84 bits per heavy atom. The molecule has 44 heavy (non-hydrogen) atoms. The number of Topliss-reactive ketones (excluding diaryl/α,β-unsaturated/α-hetero) is 1. The fraction of sp³-hybridized carbons (Fsp3) is 0.314. The largest absolute Gasteiger partial charge is 0.339 e. The van der Waals surface area contributed by atoms with Crippen LogP contribution in [0.3, 0.4) is 0 Å². The van der Waals surface area contributed by atoms with Crippen LogP contribution in [0.5, 0.6) is 0 Å². The first-order valence-corrected chi connectivity index (χ1v) is 15.1. The van der Waals surface area contributed by atoms with Crippen molar-refractivity contribution in [1.29, 1.82) is 0 Å². The Morgan fingerprint density at radius 1 is 1.02 bits per heavy atom. The number of pyridine rings is 2. The van der Waals surface area contributed by atoms with Crippen molar-refractivity contribution in [2.75, 3.05) is 20.1 Å². The zero-order valence-corrected chi connectivity index (χ0v) is 25.1. The van der Waals surface area contributed by atoms with Crippen molar-refractivity contribution in [2.45, 2.75) is 51.1 Å². The number of para-hydroxylation sites is 1. The molecule has 1 aliphatic rings. The molecule has 0 aliphatic carbocycles. The lowest BCUT2D eigenvalue weighted by Gasteiger charge is -2.30. The van der Waals surface area contributed by atoms with E-state index in [-0.39, 0.29) is 36.3 Å². The van der Waals surface area contributed by atoms with E-state index in [9.17, 15) is 19.2 Å². The number of hydrogen-bond donors (Lipinski definition) is 1. The van der Waals surface area contributed by atoms with Gasteiger partial charge in [-0.2, -0.15) is 0 Å². The Bertz CT molecular complexity index is 1660. The van der Waals surface area contributed by atoms with Gasteiger partial charge in [-0.25, -0.2) is 4.98 Å². The first kappa shape index (κ1) is 30.5. The van der Waals surface area contributed by atoms with Gasteiger partial charge >= 0.3 is 0 Å². The summed E-state index contributed by atoms with van der Waals surface area (Å²) in [6.45, 7) is 2.31. The van der Waals surface area contributed by atoms with Crippen molar-refractivity contribution >= 4 is 34.4 Å². The van der Waals surface area contributed by atoms with E-state index >= 15 is 0 Å². The molecular weight excluding hydrogens is 554 g/mol. The van der Waals surface area contributed by atoms with Gasteiger partial charge in [-0.15, -0.1) is 0 Å². The van der Waals surface area contributed by atoms with Gasteiger partial charge in [0.05, 0.1) is 30.2 Å². The second kappa shape index (κ2) is 14.0. The quantitative estimate of drug-likeness (QED) is 0.308. The summed E-state index contributed by atoms with van der Waals surface area (Å²) in [5.41, 5.74) is 3.52. The summed E-state index contributed by atoms with van der Waals surface area (Å²) in [5.74, 6) is -1.09. The standard InChI is InChI=1S/C35H37N5O4/c1-3-10-30(38-34(43)29-18-17-25-12-4-5-15-28(25)37-29)35(44)39(2)31-16-9-20-40(23-32(31)41)33(42)22-24-11-8-13-26(21-24)27-14-6-7-19-36-27/h4-8,11-15,17-19,21,30-31H,3,9-10,16,20,22-23H2,1-2H3,(H,38,43)/t30-,31?/m0/s1. The molecule has 3 amide bonds. The van der Waals surface area contributed by atoms with Crippen molar-refractivity contribution in [1.82, 2.24) is 25.1 Å². The van der Waals surface area contributed by atoms with E-state index in [1.54, 1.807) is 24.2 Å². The highest BCUT2D eigenvalue weighted by molar-refractivity contribution is 5.99. The average molecular weight is 592 g/mol. The maximum Gasteiger partial charge on any atom is 0.270 e. The second-order valence-electron chi connectivity index (χ2n) is 11.2. The van der Waals surface area contributed by atoms with E-state index in [2.05, 4.69) is 15.3 Å². The molecule has 4 aromatic rings. The Labute approximate surface area is 257 Å². The predicted molar refractivity (Wildman–Crippen MR) is 169 cm³/mol.